The Kier molecular flexibility index (Phi) is 14.3. The Morgan fingerprint density at radius 2 is 1.35 bits per heavy atom. The minimum absolute atomic E-state index is 0.0865. The zero-order valence-electron chi connectivity index (χ0n) is 12.8. The number of ether oxygens (including phenoxy) is 4. The molecule has 0 aromatic carbocycles. The molecule has 0 aromatic rings. The first-order valence-electron chi connectivity index (χ1n) is 6.23. The lowest BCUT2D eigenvalue weighted by Gasteiger charge is -2.10. The van der Waals surface area contributed by atoms with Gasteiger partial charge in [-0.05, 0) is 6.92 Å². The summed E-state index contributed by atoms with van der Waals surface area (Å²) in [4.78, 5) is 31.4. The molecule has 0 spiro atoms. The molecule has 0 saturated heterocycles. The first-order valence-corrected chi connectivity index (χ1v) is 6.23. The van der Waals surface area contributed by atoms with Crippen molar-refractivity contribution in [1.82, 2.24) is 0 Å². The number of hydrogen-bond donors (Lipinski definition) is 0. The van der Waals surface area contributed by atoms with Crippen LogP contribution in [-0.2, 0) is 33.3 Å². The topological polar surface area (TPSA) is 88.1 Å². The lowest BCUT2D eigenvalue weighted by Crippen LogP contribution is -2.18. The fraction of sp³-hybridized carbons (Fsp3) is 0.769. The highest BCUT2D eigenvalue weighted by atomic mass is 16.6. The van der Waals surface area contributed by atoms with E-state index in [-0.39, 0.29) is 24.9 Å². The van der Waals surface area contributed by atoms with Gasteiger partial charge in [-0.25, -0.2) is 0 Å². The second-order valence-electron chi connectivity index (χ2n) is 3.76. The van der Waals surface area contributed by atoms with Gasteiger partial charge in [0.1, 0.15) is 6.10 Å². The van der Waals surface area contributed by atoms with E-state index in [1.807, 2.05) is 0 Å². The zero-order chi connectivity index (χ0) is 16.0. The monoisotopic (exact) mass is 292 g/mol. The van der Waals surface area contributed by atoms with Crippen LogP contribution in [-0.4, -0.2) is 51.9 Å². The third kappa shape index (κ3) is 14.4. The summed E-state index contributed by atoms with van der Waals surface area (Å²) in [5.41, 5.74) is 0. The van der Waals surface area contributed by atoms with Crippen LogP contribution in [0.1, 0.15) is 33.1 Å². The van der Waals surface area contributed by atoms with Gasteiger partial charge in [-0.15, -0.1) is 0 Å². The molecule has 20 heavy (non-hydrogen) atoms. The van der Waals surface area contributed by atoms with Crippen LogP contribution >= 0.6 is 0 Å². The molecule has 1 atom stereocenters. The second-order valence-corrected chi connectivity index (χ2v) is 3.76. The Morgan fingerprint density at radius 3 is 1.65 bits per heavy atom. The molecule has 7 nitrogen and oxygen atoms in total. The summed E-state index contributed by atoms with van der Waals surface area (Å²) >= 11 is 0. The number of carbonyl (C=O) groups is 3. The summed E-state index contributed by atoms with van der Waals surface area (Å²) < 4.78 is 18.2. The van der Waals surface area contributed by atoms with Crippen LogP contribution in [0.15, 0.2) is 0 Å². The molecule has 0 aliphatic heterocycles. The van der Waals surface area contributed by atoms with Gasteiger partial charge in [0, 0.05) is 13.5 Å². The van der Waals surface area contributed by atoms with Crippen molar-refractivity contribution in [1.29, 1.82) is 0 Å². The molecule has 0 amide bonds. The fourth-order valence-corrected chi connectivity index (χ4v) is 0.985. The quantitative estimate of drug-likeness (QED) is 0.512. The van der Waals surface area contributed by atoms with Crippen LogP contribution in [0.4, 0.5) is 0 Å². The van der Waals surface area contributed by atoms with E-state index in [2.05, 4.69) is 9.47 Å². The molecule has 0 bridgehead atoms. The predicted octanol–water partition coefficient (Wildman–Crippen LogP) is 1.09. The normalized spacial score (nSPS) is 10.7. The van der Waals surface area contributed by atoms with Gasteiger partial charge in [-0.2, -0.15) is 0 Å². The van der Waals surface area contributed by atoms with Gasteiger partial charge in [0.2, 0.25) is 0 Å². The molecular formula is C13H24O7. The van der Waals surface area contributed by atoms with Crippen molar-refractivity contribution in [3.8, 4) is 0 Å². The molecule has 0 aliphatic rings. The molecule has 0 radical (unpaired) electrons. The summed E-state index contributed by atoms with van der Waals surface area (Å²) in [6.07, 6.45) is 0.470. The minimum atomic E-state index is -0.398. The lowest BCUT2D eigenvalue weighted by atomic mass is 10.3. The summed E-state index contributed by atoms with van der Waals surface area (Å²) in [5.74, 6) is -0.972. The molecule has 7 heteroatoms. The first-order chi connectivity index (χ1) is 9.40. The van der Waals surface area contributed by atoms with Crippen molar-refractivity contribution in [2.24, 2.45) is 0 Å². The maximum atomic E-state index is 10.6. The molecule has 118 valence electrons. The van der Waals surface area contributed by atoms with Crippen molar-refractivity contribution in [3.63, 3.8) is 0 Å². The molecule has 0 rings (SSSR count). The number of rotatable bonds is 7. The lowest BCUT2D eigenvalue weighted by molar-refractivity contribution is -0.150. The van der Waals surface area contributed by atoms with Crippen LogP contribution in [0.2, 0.25) is 0 Å². The molecule has 0 fully saturated rings. The van der Waals surface area contributed by atoms with E-state index < -0.39 is 11.9 Å². The Labute approximate surface area is 119 Å². The standard InChI is InChI=1S/C7H14O3.C6H10O4/c1-4-7(8)10-6(2)5-9-3;1-9-5(7)3-4-6(8)10-2/h6H,4-5H2,1-3H3;3-4H2,1-2H3. The second kappa shape index (κ2) is 13.8. The van der Waals surface area contributed by atoms with E-state index in [1.54, 1.807) is 21.0 Å². The predicted molar refractivity (Wildman–Crippen MR) is 71.0 cm³/mol. The number of carbonyl (C=O) groups excluding carboxylic acids is 3. The molecule has 0 N–H and O–H groups in total. The highest BCUT2D eigenvalue weighted by Crippen LogP contribution is 1.94. The smallest absolute Gasteiger partial charge is 0.306 e. The summed E-state index contributed by atoms with van der Waals surface area (Å²) in [6, 6.07) is 0. The molecule has 0 aromatic heterocycles. The highest BCUT2D eigenvalue weighted by Gasteiger charge is 2.05. The maximum absolute atomic E-state index is 10.6. The minimum Gasteiger partial charge on any atom is -0.469 e. The van der Waals surface area contributed by atoms with Crippen molar-refractivity contribution in [2.45, 2.75) is 39.2 Å². The maximum Gasteiger partial charge on any atom is 0.306 e. The van der Waals surface area contributed by atoms with Gasteiger partial charge in [0.25, 0.3) is 0 Å². The van der Waals surface area contributed by atoms with Gasteiger partial charge < -0.3 is 18.9 Å². The number of esters is 3. The first kappa shape index (κ1) is 20.7. The third-order valence-electron chi connectivity index (χ3n) is 2.01. The van der Waals surface area contributed by atoms with E-state index in [1.165, 1.54) is 14.2 Å². The van der Waals surface area contributed by atoms with Gasteiger partial charge in [-0.1, -0.05) is 6.92 Å². The van der Waals surface area contributed by atoms with Crippen LogP contribution in [0.3, 0.4) is 0 Å². The van der Waals surface area contributed by atoms with Crippen LogP contribution in [0.5, 0.6) is 0 Å². The molecular weight excluding hydrogens is 268 g/mol. The summed E-state index contributed by atoms with van der Waals surface area (Å²) in [5, 5.41) is 0. The van der Waals surface area contributed by atoms with Crippen molar-refractivity contribution < 1.29 is 33.3 Å². The van der Waals surface area contributed by atoms with Crippen molar-refractivity contribution >= 4 is 17.9 Å². The Balaban J connectivity index is 0. The van der Waals surface area contributed by atoms with E-state index in [4.69, 9.17) is 9.47 Å². The van der Waals surface area contributed by atoms with Crippen molar-refractivity contribution in [2.75, 3.05) is 27.9 Å². The van der Waals surface area contributed by atoms with Crippen molar-refractivity contribution in [3.05, 3.63) is 0 Å². The fourth-order valence-electron chi connectivity index (χ4n) is 0.985. The van der Waals surface area contributed by atoms with E-state index in [0.717, 1.165) is 0 Å². The average Bonchev–Trinajstić information content (AvgIpc) is 2.44. The Morgan fingerprint density at radius 1 is 0.900 bits per heavy atom. The van der Waals surface area contributed by atoms with Crippen LogP contribution in [0, 0.1) is 0 Å². The van der Waals surface area contributed by atoms with Gasteiger partial charge in [0.15, 0.2) is 0 Å². The summed E-state index contributed by atoms with van der Waals surface area (Å²) in [7, 11) is 4.13. The molecule has 1 unspecified atom stereocenters. The molecule has 0 aliphatic carbocycles. The SMILES string of the molecule is CCC(=O)OC(C)COC.COC(=O)CCC(=O)OC. The zero-order valence-corrected chi connectivity index (χ0v) is 12.8. The number of methoxy groups -OCH3 is 3. The van der Waals surface area contributed by atoms with E-state index in [9.17, 15) is 14.4 Å². The Hall–Kier alpha value is -1.63. The average molecular weight is 292 g/mol. The van der Waals surface area contributed by atoms with Gasteiger partial charge in [-0.3, -0.25) is 14.4 Å². The van der Waals surface area contributed by atoms with Crippen LogP contribution in [0.25, 0.3) is 0 Å². The molecule has 0 heterocycles. The summed E-state index contributed by atoms with van der Waals surface area (Å²) in [6.45, 7) is 4.03. The van der Waals surface area contributed by atoms with Gasteiger partial charge >= 0.3 is 17.9 Å². The number of hydrogen-bond acceptors (Lipinski definition) is 7. The van der Waals surface area contributed by atoms with Crippen LogP contribution < -0.4 is 0 Å². The van der Waals surface area contributed by atoms with Gasteiger partial charge in [0.05, 0.1) is 33.7 Å². The highest BCUT2D eigenvalue weighted by molar-refractivity contribution is 5.77. The van der Waals surface area contributed by atoms with E-state index >= 15 is 0 Å². The third-order valence-corrected chi connectivity index (χ3v) is 2.01. The largest absolute Gasteiger partial charge is 0.469 e. The van der Waals surface area contributed by atoms with E-state index in [0.29, 0.717) is 13.0 Å². The molecule has 0 saturated carbocycles. The Bertz CT molecular complexity index is 272.